The third-order valence-electron chi connectivity index (χ3n) is 2.90. The number of anilines is 1. The van der Waals surface area contributed by atoms with Gasteiger partial charge in [-0.25, -0.2) is 9.78 Å². The number of ether oxygens (including phenoxy) is 2. The van der Waals surface area contributed by atoms with E-state index in [1.165, 1.54) is 13.2 Å². The molecule has 0 saturated carbocycles. The Labute approximate surface area is 117 Å². The molecule has 1 N–H and O–H groups in total. The van der Waals surface area contributed by atoms with Gasteiger partial charge in [-0.1, -0.05) is 12.1 Å². The lowest BCUT2D eigenvalue weighted by molar-refractivity contribution is -0.134. The van der Waals surface area contributed by atoms with Crippen molar-refractivity contribution < 1.29 is 14.3 Å². The molecule has 1 aromatic carbocycles. The zero-order valence-corrected chi connectivity index (χ0v) is 11.6. The van der Waals surface area contributed by atoms with Gasteiger partial charge < -0.3 is 14.8 Å². The van der Waals surface area contributed by atoms with Crippen molar-refractivity contribution in [3.63, 3.8) is 0 Å². The average Bonchev–Trinajstić information content (AvgIpc) is 2.50. The molecule has 20 heavy (non-hydrogen) atoms. The largest absolute Gasteiger partial charge is 0.494 e. The fourth-order valence-corrected chi connectivity index (χ4v) is 1.91. The Kier molecular flexibility index (Phi) is 4.20. The number of fused-ring (bicyclic) bond motifs is 1. The van der Waals surface area contributed by atoms with E-state index in [4.69, 9.17) is 4.74 Å². The minimum absolute atomic E-state index is 0.405. The maximum Gasteiger partial charge on any atom is 0.330 e. The highest BCUT2D eigenvalue weighted by atomic mass is 16.5. The minimum Gasteiger partial charge on any atom is -0.494 e. The Morgan fingerprint density at radius 1 is 1.35 bits per heavy atom. The lowest BCUT2D eigenvalue weighted by Crippen LogP contribution is -1.98. The third-order valence-corrected chi connectivity index (χ3v) is 2.90. The molecule has 1 heterocycles. The number of methoxy groups -OCH3 is 2. The number of esters is 1. The van der Waals surface area contributed by atoms with E-state index >= 15 is 0 Å². The second kappa shape index (κ2) is 6.06. The Balaban J connectivity index is 2.55. The van der Waals surface area contributed by atoms with Crippen LogP contribution in [0.3, 0.4) is 0 Å². The SMILES string of the molecule is CNc1nc2c(OC)cccc2cc1/C=C/C(=O)OC. The first kappa shape index (κ1) is 13.9. The van der Waals surface area contributed by atoms with Crippen LogP contribution in [-0.2, 0) is 9.53 Å². The monoisotopic (exact) mass is 272 g/mol. The molecule has 0 amide bonds. The van der Waals surface area contributed by atoms with E-state index in [9.17, 15) is 4.79 Å². The highest BCUT2D eigenvalue weighted by Gasteiger charge is 2.07. The predicted octanol–water partition coefficient (Wildman–Crippen LogP) is 2.47. The van der Waals surface area contributed by atoms with Crippen molar-refractivity contribution in [1.82, 2.24) is 4.98 Å². The first-order chi connectivity index (χ1) is 9.69. The second-order valence-corrected chi connectivity index (χ2v) is 4.06. The number of nitrogens with one attached hydrogen (secondary N) is 1. The number of carbonyl (C=O) groups is 1. The Hall–Kier alpha value is -2.56. The first-order valence-corrected chi connectivity index (χ1v) is 6.11. The average molecular weight is 272 g/mol. The molecule has 0 radical (unpaired) electrons. The Morgan fingerprint density at radius 2 is 2.15 bits per heavy atom. The van der Waals surface area contributed by atoms with Crippen LogP contribution in [0.5, 0.6) is 5.75 Å². The van der Waals surface area contributed by atoms with Gasteiger partial charge in [-0.3, -0.25) is 0 Å². The van der Waals surface area contributed by atoms with Crippen molar-refractivity contribution in [2.75, 3.05) is 26.6 Å². The highest BCUT2D eigenvalue weighted by Crippen LogP contribution is 2.28. The van der Waals surface area contributed by atoms with Gasteiger partial charge in [-0.05, 0) is 18.2 Å². The summed E-state index contributed by atoms with van der Waals surface area (Å²) in [6.45, 7) is 0. The summed E-state index contributed by atoms with van der Waals surface area (Å²) in [6.07, 6.45) is 3.04. The van der Waals surface area contributed by atoms with E-state index in [1.807, 2.05) is 24.3 Å². The van der Waals surface area contributed by atoms with Gasteiger partial charge in [0.25, 0.3) is 0 Å². The standard InChI is InChI=1S/C15H16N2O3/c1-16-15-11(7-8-13(18)20-3)9-10-5-4-6-12(19-2)14(10)17-15/h4-9H,1-3H3,(H,16,17)/b8-7+. The minimum atomic E-state index is -0.405. The van der Waals surface area contributed by atoms with Crippen LogP contribution in [0.25, 0.3) is 17.0 Å². The molecule has 0 unspecified atom stereocenters. The number of hydrogen-bond acceptors (Lipinski definition) is 5. The molecule has 0 spiro atoms. The second-order valence-electron chi connectivity index (χ2n) is 4.06. The summed E-state index contributed by atoms with van der Waals surface area (Å²) in [5.41, 5.74) is 1.58. The van der Waals surface area contributed by atoms with Crippen LogP contribution >= 0.6 is 0 Å². The summed E-state index contributed by atoms with van der Waals surface area (Å²) in [7, 11) is 4.73. The van der Waals surface area contributed by atoms with Crippen LogP contribution in [0, 0.1) is 0 Å². The molecular formula is C15H16N2O3. The number of pyridine rings is 1. The van der Waals surface area contributed by atoms with E-state index < -0.39 is 5.97 Å². The Bertz CT molecular complexity index is 665. The first-order valence-electron chi connectivity index (χ1n) is 6.11. The summed E-state index contributed by atoms with van der Waals surface area (Å²) in [5.74, 6) is 0.974. The van der Waals surface area contributed by atoms with Gasteiger partial charge in [0.15, 0.2) is 0 Å². The van der Waals surface area contributed by atoms with Crippen molar-refractivity contribution >= 4 is 28.8 Å². The van der Waals surface area contributed by atoms with Crippen molar-refractivity contribution in [3.05, 3.63) is 35.9 Å². The molecule has 0 aliphatic rings. The van der Waals surface area contributed by atoms with Gasteiger partial charge in [-0.2, -0.15) is 0 Å². The smallest absolute Gasteiger partial charge is 0.330 e. The van der Waals surface area contributed by atoms with Crippen LogP contribution in [-0.4, -0.2) is 32.2 Å². The fourth-order valence-electron chi connectivity index (χ4n) is 1.91. The van der Waals surface area contributed by atoms with Gasteiger partial charge in [-0.15, -0.1) is 0 Å². The normalized spacial score (nSPS) is 10.8. The van der Waals surface area contributed by atoms with E-state index in [0.717, 1.165) is 16.5 Å². The molecule has 0 saturated heterocycles. The van der Waals surface area contributed by atoms with Crippen molar-refractivity contribution in [3.8, 4) is 5.75 Å². The van der Waals surface area contributed by atoms with Gasteiger partial charge in [0, 0.05) is 24.1 Å². The molecular weight excluding hydrogens is 256 g/mol. The van der Waals surface area contributed by atoms with E-state index in [2.05, 4.69) is 15.0 Å². The topological polar surface area (TPSA) is 60.5 Å². The molecule has 0 aliphatic carbocycles. The van der Waals surface area contributed by atoms with Crippen LogP contribution in [0.4, 0.5) is 5.82 Å². The van der Waals surface area contributed by atoms with Gasteiger partial charge in [0.2, 0.25) is 0 Å². The van der Waals surface area contributed by atoms with Crippen LogP contribution in [0.1, 0.15) is 5.56 Å². The highest BCUT2D eigenvalue weighted by molar-refractivity contribution is 5.92. The van der Waals surface area contributed by atoms with Crippen LogP contribution in [0.15, 0.2) is 30.3 Å². The fraction of sp³-hybridized carbons (Fsp3) is 0.200. The summed E-state index contributed by atoms with van der Waals surface area (Å²) >= 11 is 0. The summed E-state index contributed by atoms with van der Waals surface area (Å²) in [5, 5.41) is 3.95. The molecule has 0 bridgehead atoms. The van der Waals surface area contributed by atoms with Crippen molar-refractivity contribution in [2.24, 2.45) is 0 Å². The zero-order chi connectivity index (χ0) is 14.5. The van der Waals surface area contributed by atoms with Gasteiger partial charge in [0.1, 0.15) is 17.1 Å². The van der Waals surface area contributed by atoms with Gasteiger partial charge in [0.05, 0.1) is 14.2 Å². The lowest BCUT2D eigenvalue weighted by Gasteiger charge is -2.09. The number of nitrogens with zero attached hydrogens (tertiary/aromatic N) is 1. The van der Waals surface area contributed by atoms with E-state index in [1.54, 1.807) is 20.2 Å². The molecule has 0 fully saturated rings. The molecule has 1 aromatic heterocycles. The molecule has 2 rings (SSSR count). The van der Waals surface area contributed by atoms with Crippen molar-refractivity contribution in [2.45, 2.75) is 0 Å². The maximum atomic E-state index is 11.2. The molecule has 104 valence electrons. The molecule has 5 nitrogen and oxygen atoms in total. The van der Waals surface area contributed by atoms with Crippen molar-refractivity contribution in [1.29, 1.82) is 0 Å². The number of para-hydroxylation sites is 1. The maximum absolute atomic E-state index is 11.2. The summed E-state index contributed by atoms with van der Waals surface area (Å²) in [6, 6.07) is 7.64. The number of rotatable bonds is 4. The molecule has 2 aromatic rings. The predicted molar refractivity (Wildman–Crippen MR) is 78.9 cm³/mol. The zero-order valence-electron chi connectivity index (χ0n) is 11.6. The Morgan fingerprint density at radius 3 is 2.80 bits per heavy atom. The molecule has 0 atom stereocenters. The third kappa shape index (κ3) is 2.71. The number of hydrogen-bond donors (Lipinski definition) is 1. The van der Waals surface area contributed by atoms with Crippen LogP contribution in [0.2, 0.25) is 0 Å². The van der Waals surface area contributed by atoms with Crippen LogP contribution < -0.4 is 10.1 Å². The number of benzene rings is 1. The summed E-state index contributed by atoms with van der Waals surface area (Å²) < 4.78 is 9.88. The quantitative estimate of drug-likeness (QED) is 0.684. The van der Waals surface area contributed by atoms with E-state index in [-0.39, 0.29) is 0 Å². The number of aromatic nitrogens is 1. The number of carbonyl (C=O) groups excluding carboxylic acids is 1. The molecule has 0 aliphatic heterocycles. The molecule has 5 heteroatoms. The van der Waals surface area contributed by atoms with Gasteiger partial charge >= 0.3 is 5.97 Å². The lowest BCUT2D eigenvalue weighted by atomic mass is 10.1. The summed E-state index contributed by atoms with van der Waals surface area (Å²) in [4.78, 5) is 15.7. The van der Waals surface area contributed by atoms with E-state index in [0.29, 0.717) is 11.6 Å².